The van der Waals surface area contributed by atoms with Crippen LogP contribution in [0.3, 0.4) is 0 Å². The summed E-state index contributed by atoms with van der Waals surface area (Å²) in [5, 5.41) is 13.5. The lowest BCUT2D eigenvalue weighted by atomic mass is 10.1. The molecule has 144 valence electrons. The van der Waals surface area contributed by atoms with Gasteiger partial charge in [-0.25, -0.2) is 13.1 Å². The van der Waals surface area contributed by atoms with Crippen LogP contribution >= 0.6 is 0 Å². The third-order valence-corrected chi connectivity index (χ3v) is 5.58. The van der Waals surface area contributed by atoms with E-state index in [0.717, 1.165) is 28.8 Å². The molecule has 0 aromatic heterocycles. The van der Waals surface area contributed by atoms with Gasteiger partial charge >= 0.3 is 0 Å². The summed E-state index contributed by atoms with van der Waals surface area (Å²) in [5.74, 6) is -0.506. The lowest BCUT2D eigenvalue weighted by Gasteiger charge is -2.13. The molecular formula is C18H21N3O5S. The summed E-state index contributed by atoms with van der Waals surface area (Å²) in [5.41, 5.74) is 3.51. The Morgan fingerprint density at radius 2 is 1.63 bits per heavy atom. The summed E-state index contributed by atoms with van der Waals surface area (Å²) in [4.78, 5) is 22.2. The van der Waals surface area contributed by atoms with Gasteiger partial charge < -0.3 is 5.32 Å². The average molecular weight is 391 g/mol. The molecule has 0 aliphatic carbocycles. The van der Waals surface area contributed by atoms with Crippen LogP contribution in [0.25, 0.3) is 0 Å². The molecular weight excluding hydrogens is 370 g/mol. The van der Waals surface area contributed by atoms with E-state index in [0.29, 0.717) is 5.69 Å². The van der Waals surface area contributed by atoms with E-state index in [-0.39, 0.29) is 16.1 Å². The van der Waals surface area contributed by atoms with E-state index in [2.05, 4.69) is 10.0 Å². The average Bonchev–Trinajstić information content (AvgIpc) is 2.56. The number of anilines is 1. The third-order valence-electron chi connectivity index (χ3n) is 4.02. The number of nitrogens with one attached hydrogen (secondary N) is 2. The fraction of sp³-hybridized carbons (Fsp3) is 0.278. The quantitative estimate of drug-likeness (QED) is 0.580. The van der Waals surface area contributed by atoms with E-state index >= 15 is 0 Å². The van der Waals surface area contributed by atoms with Gasteiger partial charge in [-0.2, -0.15) is 0 Å². The fourth-order valence-corrected chi connectivity index (χ4v) is 4.05. The number of benzene rings is 2. The predicted molar refractivity (Wildman–Crippen MR) is 102 cm³/mol. The van der Waals surface area contributed by atoms with Crippen LogP contribution in [-0.4, -0.2) is 25.8 Å². The molecule has 0 radical (unpaired) electrons. The van der Waals surface area contributed by atoms with Crippen molar-refractivity contribution in [2.24, 2.45) is 0 Å². The first kappa shape index (κ1) is 20.5. The predicted octanol–water partition coefficient (Wildman–Crippen LogP) is 2.75. The molecule has 0 unspecified atom stereocenters. The van der Waals surface area contributed by atoms with Gasteiger partial charge in [-0.1, -0.05) is 17.7 Å². The maximum atomic E-state index is 12.4. The van der Waals surface area contributed by atoms with Gasteiger partial charge in [0.2, 0.25) is 15.9 Å². The minimum Gasteiger partial charge on any atom is -0.324 e. The van der Waals surface area contributed by atoms with Crippen LogP contribution in [0, 0.1) is 37.8 Å². The van der Waals surface area contributed by atoms with Crippen LogP contribution < -0.4 is 10.0 Å². The second kappa shape index (κ2) is 7.85. The molecule has 0 saturated carbocycles. The lowest BCUT2D eigenvalue weighted by Crippen LogP contribution is -2.33. The topological polar surface area (TPSA) is 118 Å². The molecule has 0 aliphatic rings. The highest BCUT2D eigenvalue weighted by Crippen LogP contribution is 2.22. The van der Waals surface area contributed by atoms with Crippen LogP contribution in [-0.2, 0) is 14.8 Å². The maximum Gasteiger partial charge on any atom is 0.269 e. The number of sulfonamides is 1. The first-order valence-corrected chi connectivity index (χ1v) is 9.62. The summed E-state index contributed by atoms with van der Waals surface area (Å²) < 4.78 is 27.0. The first-order valence-electron chi connectivity index (χ1n) is 8.13. The van der Waals surface area contributed by atoms with Gasteiger partial charge in [0, 0.05) is 17.8 Å². The number of rotatable bonds is 6. The monoisotopic (exact) mass is 391 g/mol. The van der Waals surface area contributed by atoms with Crippen molar-refractivity contribution in [3.63, 3.8) is 0 Å². The van der Waals surface area contributed by atoms with Crippen LogP contribution in [0.1, 0.15) is 22.3 Å². The van der Waals surface area contributed by atoms with Gasteiger partial charge in [0.25, 0.3) is 5.69 Å². The van der Waals surface area contributed by atoms with E-state index < -0.39 is 27.4 Å². The van der Waals surface area contributed by atoms with Crippen molar-refractivity contribution < 1.29 is 18.1 Å². The van der Waals surface area contributed by atoms with Gasteiger partial charge in [-0.05, 0) is 50.5 Å². The molecule has 8 nitrogen and oxygen atoms in total. The van der Waals surface area contributed by atoms with Crippen LogP contribution in [0.5, 0.6) is 0 Å². The van der Waals surface area contributed by atoms with Crippen molar-refractivity contribution in [2.75, 3.05) is 11.9 Å². The Bertz CT molecular complexity index is 993. The molecule has 0 fully saturated rings. The van der Waals surface area contributed by atoms with Crippen LogP contribution in [0.2, 0.25) is 0 Å². The van der Waals surface area contributed by atoms with Crippen molar-refractivity contribution in [3.05, 3.63) is 62.7 Å². The largest absolute Gasteiger partial charge is 0.324 e. The zero-order valence-corrected chi connectivity index (χ0v) is 16.3. The summed E-state index contributed by atoms with van der Waals surface area (Å²) >= 11 is 0. The van der Waals surface area contributed by atoms with Gasteiger partial charge in [-0.15, -0.1) is 0 Å². The van der Waals surface area contributed by atoms with Crippen LogP contribution in [0.4, 0.5) is 11.4 Å². The zero-order valence-electron chi connectivity index (χ0n) is 15.5. The molecule has 2 rings (SSSR count). The second-order valence-corrected chi connectivity index (χ2v) is 8.09. The van der Waals surface area contributed by atoms with Crippen molar-refractivity contribution in [1.82, 2.24) is 4.72 Å². The Labute approximate surface area is 157 Å². The smallest absolute Gasteiger partial charge is 0.269 e. The molecule has 0 bridgehead atoms. The summed E-state index contributed by atoms with van der Waals surface area (Å²) in [6.45, 7) is 6.68. The molecule has 0 saturated heterocycles. The summed E-state index contributed by atoms with van der Waals surface area (Å²) in [7, 11) is -3.98. The van der Waals surface area contributed by atoms with E-state index in [1.807, 2.05) is 32.9 Å². The fourth-order valence-electron chi connectivity index (χ4n) is 2.85. The third kappa shape index (κ3) is 4.89. The molecule has 2 aromatic carbocycles. The molecule has 27 heavy (non-hydrogen) atoms. The zero-order chi connectivity index (χ0) is 20.4. The number of hydrogen-bond donors (Lipinski definition) is 2. The number of nitrogens with zero attached hydrogens (tertiary/aromatic N) is 1. The van der Waals surface area contributed by atoms with Crippen molar-refractivity contribution in [2.45, 2.75) is 32.6 Å². The highest BCUT2D eigenvalue weighted by atomic mass is 32.2. The Morgan fingerprint density at radius 1 is 1.04 bits per heavy atom. The molecule has 2 N–H and O–H groups in total. The van der Waals surface area contributed by atoms with Gasteiger partial charge in [-0.3, -0.25) is 14.9 Å². The number of nitro benzene ring substituents is 1. The van der Waals surface area contributed by atoms with E-state index in [4.69, 9.17) is 0 Å². The molecule has 0 heterocycles. The van der Waals surface area contributed by atoms with E-state index in [9.17, 15) is 23.3 Å². The number of nitro groups is 1. The molecule has 0 aliphatic heterocycles. The van der Waals surface area contributed by atoms with E-state index in [1.54, 1.807) is 0 Å². The highest BCUT2D eigenvalue weighted by Gasteiger charge is 2.20. The minimum atomic E-state index is -3.98. The van der Waals surface area contributed by atoms with Gasteiger partial charge in [0.05, 0.1) is 16.4 Å². The van der Waals surface area contributed by atoms with E-state index in [1.165, 1.54) is 13.0 Å². The Morgan fingerprint density at radius 3 is 2.15 bits per heavy atom. The van der Waals surface area contributed by atoms with Crippen molar-refractivity contribution in [3.8, 4) is 0 Å². The Balaban J connectivity index is 2.11. The van der Waals surface area contributed by atoms with Crippen molar-refractivity contribution >= 4 is 27.3 Å². The Kier molecular flexibility index (Phi) is 5.97. The number of carbonyl (C=O) groups excluding carboxylic acids is 1. The number of amides is 1. The lowest BCUT2D eigenvalue weighted by molar-refractivity contribution is -0.385. The molecule has 0 atom stereocenters. The molecule has 1 amide bonds. The molecule has 2 aromatic rings. The standard InChI is InChI=1S/C18H21N3O5S/c1-11-7-13(3)18(14(4)8-11)20-17(22)10-19-27(25,26)16-6-5-15(21(23)24)9-12(16)2/h5-9,19H,10H2,1-4H3,(H,20,22). The van der Waals surface area contributed by atoms with Gasteiger partial charge in [0.15, 0.2) is 0 Å². The number of carbonyl (C=O) groups is 1. The second-order valence-electron chi connectivity index (χ2n) is 6.35. The SMILES string of the molecule is Cc1cc(C)c(NC(=O)CNS(=O)(=O)c2ccc([N+](=O)[O-])cc2C)c(C)c1. The normalized spacial score (nSPS) is 11.3. The van der Waals surface area contributed by atoms with Crippen LogP contribution in [0.15, 0.2) is 35.2 Å². The molecule has 0 spiro atoms. The first-order chi connectivity index (χ1) is 12.5. The molecule has 9 heteroatoms. The summed E-state index contributed by atoms with van der Waals surface area (Å²) in [6.07, 6.45) is 0. The summed E-state index contributed by atoms with van der Waals surface area (Å²) in [6, 6.07) is 7.29. The number of hydrogen-bond acceptors (Lipinski definition) is 5. The van der Waals surface area contributed by atoms with Gasteiger partial charge in [0.1, 0.15) is 0 Å². The highest BCUT2D eigenvalue weighted by molar-refractivity contribution is 7.89. The maximum absolute atomic E-state index is 12.4. The Hall–Kier alpha value is -2.78. The van der Waals surface area contributed by atoms with Crippen molar-refractivity contribution in [1.29, 1.82) is 0 Å². The number of non-ortho nitro benzene ring substituents is 1. The number of aryl methyl sites for hydroxylation is 4. The minimum absolute atomic E-state index is 0.108.